The summed E-state index contributed by atoms with van der Waals surface area (Å²) in [5.41, 5.74) is 0.360. The van der Waals surface area contributed by atoms with Gasteiger partial charge in [-0.3, -0.25) is 0 Å². The zero-order valence-corrected chi connectivity index (χ0v) is 9.81. The van der Waals surface area contributed by atoms with Gasteiger partial charge in [-0.2, -0.15) is 0 Å². The van der Waals surface area contributed by atoms with Crippen molar-refractivity contribution in [3.63, 3.8) is 0 Å². The molecule has 0 unspecified atom stereocenters. The molecule has 0 aromatic heterocycles. The Morgan fingerprint density at radius 2 is 1.62 bits per heavy atom. The minimum Gasteiger partial charge on any atom is -0.390 e. The van der Waals surface area contributed by atoms with Gasteiger partial charge in [-0.05, 0) is 20.3 Å². The van der Waals surface area contributed by atoms with Gasteiger partial charge in [-0.15, -0.1) is 0 Å². The summed E-state index contributed by atoms with van der Waals surface area (Å²) in [6.07, 6.45) is 0.719. The van der Waals surface area contributed by atoms with Gasteiger partial charge in [-0.1, -0.05) is 20.4 Å². The molecule has 0 aromatic carbocycles. The summed E-state index contributed by atoms with van der Waals surface area (Å²) in [6, 6.07) is 0. The molecule has 0 atom stereocenters. The largest absolute Gasteiger partial charge is 0.390 e. The molecule has 78 valence electrons. The smallest absolute Gasteiger partial charge is 0.0600 e. The first-order chi connectivity index (χ1) is 5.56. The molecule has 0 amide bonds. The van der Waals surface area contributed by atoms with E-state index in [-0.39, 0.29) is 5.41 Å². The molecular weight excluding hydrogens is 162 g/mol. The van der Waals surface area contributed by atoms with Gasteiger partial charge in [0, 0.05) is 25.2 Å². The second-order valence-corrected chi connectivity index (χ2v) is 5.21. The highest BCUT2D eigenvalue weighted by molar-refractivity contribution is 5.06. The summed E-state index contributed by atoms with van der Waals surface area (Å²) in [7, 11) is 3.96. The highest BCUT2D eigenvalue weighted by Gasteiger charge is 2.30. The number of hydrogen-bond donors (Lipinski definition) is 1. The zero-order chi connectivity index (χ0) is 10.9. The standard InChI is InChI=1S/C11H23NO/c1-9(12(6)7)10(2,3)8-11(4,5)13/h13H,1,8H2,2-7H3. The van der Waals surface area contributed by atoms with Gasteiger partial charge >= 0.3 is 0 Å². The van der Waals surface area contributed by atoms with Crippen LogP contribution in [0.25, 0.3) is 0 Å². The van der Waals surface area contributed by atoms with Gasteiger partial charge < -0.3 is 10.0 Å². The van der Waals surface area contributed by atoms with E-state index in [9.17, 15) is 5.11 Å². The minimum atomic E-state index is -0.636. The first-order valence-corrected chi connectivity index (χ1v) is 4.65. The maximum Gasteiger partial charge on any atom is 0.0600 e. The third-order valence-corrected chi connectivity index (χ3v) is 2.20. The molecule has 0 radical (unpaired) electrons. The van der Waals surface area contributed by atoms with E-state index in [1.807, 2.05) is 32.8 Å². The molecule has 0 aromatic rings. The van der Waals surface area contributed by atoms with Crippen molar-refractivity contribution in [2.75, 3.05) is 14.1 Å². The van der Waals surface area contributed by atoms with Gasteiger partial charge in [0.05, 0.1) is 5.60 Å². The Kier molecular flexibility index (Phi) is 3.56. The Morgan fingerprint density at radius 1 is 1.23 bits per heavy atom. The first kappa shape index (κ1) is 12.5. The Morgan fingerprint density at radius 3 is 1.85 bits per heavy atom. The SMILES string of the molecule is C=C(N(C)C)C(C)(C)CC(C)(C)O. The van der Waals surface area contributed by atoms with Crippen LogP contribution in [0.2, 0.25) is 0 Å². The lowest BCUT2D eigenvalue weighted by Crippen LogP contribution is -2.33. The maximum absolute atomic E-state index is 9.72. The molecule has 2 nitrogen and oxygen atoms in total. The monoisotopic (exact) mass is 185 g/mol. The Balaban J connectivity index is 4.49. The van der Waals surface area contributed by atoms with E-state index in [1.54, 1.807) is 0 Å². The van der Waals surface area contributed by atoms with E-state index in [2.05, 4.69) is 20.4 Å². The average Bonchev–Trinajstić information content (AvgIpc) is 1.80. The van der Waals surface area contributed by atoms with Crippen LogP contribution in [0, 0.1) is 5.41 Å². The molecule has 2 heteroatoms. The summed E-state index contributed by atoms with van der Waals surface area (Å²) in [5.74, 6) is 0. The molecule has 0 saturated carbocycles. The van der Waals surface area contributed by atoms with E-state index >= 15 is 0 Å². The third kappa shape index (κ3) is 4.32. The van der Waals surface area contributed by atoms with Gasteiger partial charge in [0.25, 0.3) is 0 Å². The molecular formula is C11H23NO. The topological polar surface area (TPSA) is 23.5 Å². The van der Waals surface area contributed by atoms with Crippen molar-refractivity contribution in [2.24, 2.45) is 5.41 Å². The van der Waals surface area contributed by atoms with E-state index < -0.39 is 5.60 Å². The van der Waals surface area contributed by atoms with Crippen molar-refractivity contribution in [3.05, 3.63) is 12.3 Å². The molecule has 13 heavy (non-hydrogen) atoms. The molecule has 1 N–H and O–H groups in total. The summed E-state index contributed by atoms with van der Waals surface area (Å²) in [6.45, 7) is 11.9. The predicted molar refractivity (Wildman–Crippen MR) is 57.5 cm³/mol. The van der Waals surface area contributed by atoms with Gasteiger partial charge in [0.2, 0.25) is 0 Å². The van der Waals surface area contributed by atoms with Crippen LogP contribution in [0.15, 0.2) is 12.3 Å². The molecule has 0 bridgehead atoms. The predicted octanol–water partition coefficient (Wildman–Crippen LogP) is 2.25. The lowest BCUT2D eigenvalue weighted by atomic mass is 9.79. The molecule has 0 saturated heterocycles. The minimum absolute atomic E-state index is 0.0538. The van der Waals surface area contributed by atoms with Crippen LogP contribution < -0.4 is 0 Å². The van der Waals surface area contributed by atoms with E-state index in [4.69, 9.17) is 0 Å². The summed E-state index contributed by atoms with van der Waals surface area (Å²) in [4.78, 5) is 2.01. The van der Waals surface area contributed by atoms with Crippen LogP contribution in [0.3, 0.4) is 0 Å². The fourth-order valence-corrected chi connectivity index (χ4v) is 1.79. The van der Waals surface area contributed by atoms with Gasteiger partial charge in [0.15, 0.2) is 0 Å². The van der Waals surface area contributed by atoms with Crippen molar-refractivity contribution in [3.8, 4) is 0 Å². The lowest BCUT2D eigenvalue weighted by Gasteiger charge is -2.36. The molecule has 0 heterocycles. The Bertz CT molecular complexity index is 187. The zero-order valence-electron chi connectivity index (χ0n) is 9.81. The van der Waals surface area contributed by atoms with Gasteiger partial charge in [0.1, 0.15) is 0 Å². The number of allylic oxidation sites excluding steroid dienone is 1. The van der Waals surface area contributed by atoms with E-state index in [0.717, 1.165) is 12.1 Å². The van der Waals surface area contributed by atoms with Crippen LogP contribution in [0.4, 0.5) is 0 Å². The van der Waals surface area contributed by atoms with Crippen LogP contribution in [0.5, 0.6) is 0 Å². The number of rotatable bonds is 4. The van der Waals surface area contributed by atoms with Crippen molar-refractivity contribution in [2.45, 2.75) is 39.7 Å². The van der Waals surface area contributed by atoms with E-state index in [0.29, 0.717) is 0 Å². The van der Waals surface area contributed by atoms with Gasteiger partial charge in [-0.25, -0.2) is 0 Å². The molecule has 0 aliphatic heterocycles. The highest BCUT2D eigenvalue weighted by atomic mass is 16.3. The summed E-state index contributed by atoms with van der Waals surface area (Å²) in [5, 5.41) is 9.72. The van der Waals surface area contributed by atoms with Crippen molar-refractivity contribution < 1.29 is 5.11 Å². The summed E-state index contributed by atoms with van der Waals surface area (Å²) < 4.78 is 0. The van der Waals surface area contributed by atoms with Crippen LogP contribution >= 0.6 is 0 Å². The fourth-order valence-electron chi connectivity index (χ4n) is 1.79. The number of aliphatic hydroxyl groups is 1. The number of hydrogen-bond acceptors (Lipinski definition) is 2. The third-order valence-electron chi connectivity index (χ3n) is 2.20. The second kappa shape index (κ2) is 3.70. The normalized spacial score (nSPS) is 12.8. The molecule has 0 rings (SSSR count). The van der Waals surface area contributed by atoms with Crippen LogP contribution in [0.1, 0.15) is 34.1 Å². The average molecular weight is 185 g/mol. The molecule has 0 aliphatic rings. The Hall–Kier alpha value is -0.500. The second-order valence-electron chi connectivity index (χ2n) is 5.21. The quantitative estimate of drug-likeness (QED) is 0.726. The fraction of sp³-hybridized carbons (Fsp3) is 0.818. The number of nitrogens with zero attached hydrogens (tertiary/aromatic N) is 1. The van der Waals surface area contributed by atoms with Crippen molar-refractivity contribution in [1.29, 1.82) is 0 Å². The molecule has 0 fully saturated rings. The van der Waals surface area contributed by atoms with E-state index in [1.165, 1.54) is 0 Å². The lowest BCUT2D eigenvalue weighted by molar-refractivity contribution is 0.0361. The maximum atomic E-state index is 9.72. The highest BCUT2D eigenvalue weighted by Crippen LogP contribution is 2.34. The Labute approximate surface area is 82.3 Å². The molecule has 0 aliphatic carbocycles. The molecule has 0 spiro atoms. The van der Waals surface area contributed by atoms with Crippen LogP contribution in [-0.2, 0) is 0 Å². The van der Waals surface area contributed by atoms with Crippen molar-refractivity contribution >= 4 is 0 Å². The van der Waals surface area contributed by atoms with Crippen molar-refractivity contribution in [1.82, 2.24) is 4.90 Å². The summed E-state index contributed by atoms with van der Waals surface area (Å²) >= 11 is 0. The first-order valence-electron chi connectivity index (χ1n) is 4.65. The van der Waals surface area contributed by atoms with Crippen LogP contribution in [-0.4, -0.2) is 29.7 Å².